The summed E-state index contributed by atoms with van der Waals surface area (Å²) in [6, 6.07) is 0. The van der Waals surface area contributed by atoms with Gasteiger partial charge in [-0.2, -0.15) is 0 Å². The molecule has 1 aliphatic rings. The lowest BCUT2D eigenvalue weighted by molar-refractivity contribution is 0.0258. The second-order valence-electron chi connectivity index (χ2n) is 5.48. The standard InChI is InChI=1S/C14H29N3O.HI/c1-4-18-13(11(2)3)8-9-16-14(15)17-10-12-6-5-7-12;/h11-13H,4-10H2,1-3H3,(H3,15,16,17);1H. The summed E-state index contributed by atoms with van der Waals surface area (Å²) < 4.78 is 5.69. The molecule has 0 aromatic heterocycles. The fourth-order valence-corrected chi connectivity index (χ4v) is 2.12. The summed E-state index contributed by atoms with van der Waals surface area (Å²) in [4.78, 5) is 4.38. The molecule has 3 N–H and O–H groups in total. The molecule has 114 valence electrons. The minimum absolute atomic E-state index is 0. The number of nitrogens with zero attached hydrogens (tertiary/aromatic N) is 1. The van der Waals surface area contributed by atoms with E-state index in [4.69, 9.17) is 10.5 Å². The molecule has 0 radical (unpaired) electrons. The van der Waals surface area contributed by atoms with Crippen molar-refractivity contribution in [3.63, 3.8) is 0 Å². The van der Waals surface area contributed by atoms with Gasteiger partial charge in [0.05, 0.1) is 6.10 Å². The Balaban J connectivity index is 0.00000324. The summed E-state index contributed by atoms with van der Waals surface area (Å²) in [5.41, 5.74) is 5.84. The van der Waals surface area contributed by atoms with Crippen molar-refractivity contribution in [2.75, 3.05) is 19.7 Å². The van der Waals surface area contributed by atoms with E-state index in [0.717, 1.165) is 32.0 Å². The highest BCUT2D eigenvalue weighted by Crippen LogP contribution is 2.26. The second-order valence-corrected chi connectivity index (χ2v) is 5.48. The number of hydrogen-bond donors (Lipinski definition) is 2. The van der Waals surface area contributed by atoms with E-state index in [2.05, 4.69) is 24.2 Å². The number of nitrogens with two attached hydrogens (primary N) is 1. The highest BCUT2D eigenvalue weighted by molar-refractivity contribution is 14.0. The van der Waals surface area contributed by atoms with E-state index in [1.807, 2.05) is 6.92 Å². The van der Waals surface area contributed by atoms with Crippen LogP contribution < -0.4 is 11.1 Å². The van der Waals surface area contributed by atoms with E-state index in [9.17, 15) is 0 Å². The maximum atomic E-state index is 5.84. The Morgan fingerprint density at radius 2 is 2.11 bits per heavy atom. The third kappa shape index (κ3) is 7.97. The van der Waals surface area contributed by atoms with Gasteiger partial charge in [0, 0.05) is 19.7 Å². The third-order valence-corrected chi connectivity index (χ3v) is 3.60. The molecular weight excluding hydrogens is 353 g/mol. The second kappa shape index (κ2) is 10.7. The molecule has 5 heteroatoms. The molecule has 0 spiro atoms. The number of guanidine groups is 1. The molecule has 0 saturated heterocycles. The lowest BCUT2D eigenvalue weighted by Crippen LogP contribution is -2.35. The van der Waals surface area contributed by atoms with Crippen LogP contribution in [0.3, 0.4) is 0 Å². The van der Waals surface area contributed by atoms with Gasteiger partial charge >= 0.3 is 0 Å². The molecule has 0 aromatic carbocycles. The first-order valence-electron chi connectivity index (χ1n) is 7.28. The molecule has 4 nitrogen and oxygen atoms in total. The van der Waals surface area contributed by atoms with Crippen LogP contribution in [0.4, 0.5) is 0 Å². The SMILES string of the molecule is CCOC(CCNC(N)=NCC1CCC1)C(C)C.I. The van der Waals surface area contributed by atoms with E-state index in [-0.39, 0.29) is 24.0 Å². The molecule has 1 rings (SSSR count). The van der Waals surface area contributed by atoms with Crippen LogP contribution in [0.2, 0.25) is 0 Å². The Morgan fingerprint density at radius 1 is 1.42 bits per heavy atom. The van der Waals surface area contributed by atoms with Gasteiger partial charge in [-0.05, 0) is 38.0 Å². The normalized spacial score (nSPS) is 17.8. The van der Waals surface area contributed by atoms with E-state index in [1.54, 1.807) is 0 Å². The van der Waals surface area contributed by atoms with Crippen molar-refractivity contribution in [2.24, 2.45) is 22.6 Å². The molecule has 1 saturated carbocycles. The van der Waals surface area contributed by atoms with Crippen LogP contribution in [0.1, 0.15) is 46.5 Å². The van der Waals surface area contributed by atoms with Crippen molar-refractivity contribution in [2.45, 2.75) is 52.6 Å². The Bertz CT molecular complexity index is 255. The summed E-state index contributed by atoms with van der Waals surface area (Å²) in [7, 11) is 0. The quantitative estimate of drug-likeness (QED) is 0.385. The molecule has 0 amide bonds. The first kappa shape index (κ1) is 19.0. The van der Waals surface area contributed by atoms with Gasteiger partial charge in [-0.15, -0.1) is 24.0 Å². The van der Waals surface area contributed by atoms with Gasteiger partial charge in [0.25, 0.3) is 0 Å². The molecule has 19 heavy (non-hydrogen) atoms. The number of ether oxygens (including phenoxy) is 1. The molecule has 0 heterocycles. The Morgan fingerprint density at radius 3 is 2.58 bits per heavy atom. The molecular formula is C14H30IN3O. The summed E-state index contributed by atoms with van der Waals surface area (Å²) in [6.45, 7) is 8.91. The number of hydrogen-bond acceptors (Lipinski definition) is 2. The van der Waals surface area contributed by atoms with Crippen LogP contribution in [0.25, 0.3) is 0 Å². The minimum atomic E-state index is 0. The van der Waals surface area contributed by atoms with Crippen LogP contribution in [0.5, 0.6) is 0 Å². The highest BCUT2D eigenvalue weighted by Gasteiger charge is 2.16. The van der Waals surface area contributed by atoms with Gasteiger partial charge in [-0.3, -0.25) is 4.99 Å². The monoisotopic (exact) mass is 383 g/mol. The zero-order valence-corrected chi connectivity index (χ0v) is 14.9. The van der Waals surface area contributed by atoms with E-state index in [0.29, 0.717) is 18.0 Å². The molecule has 1 fully saturated rings. The smallest absolute Gasteiger partial charge is 0.188 e. The van der Waals surface area contributed by atoms with Gasteiger partial charge in [0.1, 0.15) is 0 Å². The molecule has 1 atom stereocenters. The predicted molar refractivity (Wildman–Crippen MR) is 92.1 cm³/mol. The average molecular weight is 383 g/mol. The first-order valence-corrected chi connectivity index (χ1v) is 7.28. The number of aliphatic imine (C=N–C) groups is 1. The molecule has 0 bridgehead atoms. The van der Waals surface area contributed by atoms with E-state index >= 15 is 0 Å². The van der Waals surface area contributed by atoms with E-state index < -0.39 is 0 Å². The van der Waals surface area contributed by atoms with Crippen molar-refractivity contribution < 1.29 is 4.74 Å². The van der Waals surface area contributed by atoms with Gasteiger partial charge in [0.15, 0.2) is 5.96 Å². The molecule has 0 aliphatic heterocycles. The predicted octanol–water partition coefficient (Wildman–Crippen LogP) is 2.76. The summed E-state index contributed by atoms with van der Waals surface area (Å²) in [5.74, 6) is 1.90. The zero-order valence-electron chi connectivity index (χ0n) is 12.5. The summed E-state index contributed by atoms with van der Waals surface area (Å²) in [5, 5.41) is 3.18. The van der Waals surface area contributed by atoms with E-state index in [1.165, 1.54) is 19.3 Å². The van der Waals surface area contributed by atoms with Crippen LogP contribution in [0.15, 0.2) is 4.99 Å². The molecule has 1 unspecified atom stereocenters. The summed E-state index contributed by atoms with van der Waals surface area (Å²) in [6.07, 6.45) is 5.28. The summed E-state index contributed by atoms with van der Waals surface area (Å²) >= 11 is 0. The third-order valence-electron chi connectivity index (χ3n) is 3.60. The fraction of sp³-hybridized carbons (Fsp3) is 0.929. The van der Waals surface area contributed by atoms with Crippen molar-refractivity contribution in [1.29, 1.82) is 0 Å². The van der Waals surface area contributed by atoms with Gasteiger partial charge in [0.2, 0.25) is 0 Å². The van der Waals surface area contributed by atoms with Crippen LogP contribution in [-0.2, 0) is 4.74 Å². The lowest BCUT2D eigenvalue weighted by atomic mass is 9.86. The van der Waals surface area contributed by atoms with Crippen LogP contribution in [0, 0.1) is 11.8 Å². The fourth-order valence-electron chi connectivity index (χ4n) is 2.12. The Hall–Kier alpha value is -0.0400. The van der Waals surface area contributed by atoms with Crippen LogP contribution in [-0.4, -0.2) is 31.8 Å². The number of halogens is 1. The van der Waals surface area contributed by atoms with Crippen LogP contribution >= 0.6 is 24.0 Å². The largest absolute Gasteiger partial charge is 0.378 e. The topological polar surface area (TPSA) is 59.6 Å². The maximum absolute atomic E-state index is 5.84. The van der Waals surface area contributed by atoms with Gasteiger partial charge < -0.3 is 15.8 Å². The lowest BCUT2D eigenvalue weighted by Gasteiger charge is -2.23. The zero-order chi connectivity index (χ0) is 13.4. The van der Waals surface area contributed by atoms with Crippen molar-refractivity contribution in [1.82, 2.24) is 5.32 Å². The highest BCUT2D eigenvalue weighted by atomic mass is 127. The number of rotatable bonds is 8. The number of nitrogens with one attached hydrogen (secondary N) is 1. The molecule has 0 aromatic rings. The first-order chi connectivity index (χ1) is 8.63. The van der Waals surface area contributed by atoms with Gasteiger partial charge in [-0.1, -0.05) is 20.3 Å². The van der Waals surface area contributed by atoms with Gasteiger partial charge in [-0.25, -0.2) is 0 Å². The Labute approximate surface area is 135 Å². The minimum Gasteiger partial charge on any atom is -0.378 e. The van der Waals surface area contributed by atoms with Crippen molar-refractivity contribution >= 4 is 29.9 Å². The molecule has 1 aliphatic carbocycles. The van der Waals surface area contributed by atoms with Crippen molar-refractivity contribution in [3.8, 4) is 0 Å². The average Bonchev–Trinajstić information content (AvgIpc) is 2.25. The Kier molecular flexibility index (Phi) is 10.7. The maximum Gasteiger partial charge on any atom is 0.188 e. The van der Waals surface area contributed by atoms with Crippen molar-refractivity contribution in [3.05, 3.63) is 0 Å².